The van der Waals surface area contributed by atoms with Crippen molar-refractivity contribution in [3.63, 3.8) is 0 Å². The second-order valence-corrected chi connectivity index (χ2v) is 4.02. The van der Waals surface area contributed by atoms with Gasteiger partial charge in [-0.2, -0.15) is 4.39 Å². The van der Waals surface area contributed by atoms with Crippen LogP contribution in [0.1, 0.15) is 23.0 Å². The lowest BCUT2D eigenvalue weighted by Gasteiger charge is -2.20. The zero-order chi connectivity index (χ0) is 13.7. The van der Waals surface area contributed by atoms with Crippen LogP contribution >= 0.6 is 0 Å². The van der Waals surface area contributed by atoms with Crippen LogP contribution in [0.25, 0.3) is 0 Å². The van der Waals surface area contributed by atoms with E-state index in [0.717, 1.165) is 5.56 Å². The summed E-state index contributed by atoms with van der Waals surface area (Å²) >= 11 is 0. The Balaban J connectivity index is 2.16. The molecule has 0 spiro atoms. The normalized spacial score (nSPS) is 10.2. The van der Waals surface area contributed by atoms with E-state index < -0.39 is 5.95 Å². The van der Waals surface area contributed by atoms with E-state index in [-0.39, 0.29) is 11.6 Å². The van der Waals surface area contributed by atoms with Gasteiger partial charge in [-0.3, -0.25) is 9.78 Å². The van der Waals surface area contributed by atoms with Crippen molar-refractivity contribution in [2.24, 2.45) is 0 Å². The smallest absolute Gasteiger partial charge is 0.272 e. The highest BCUT2D eigenvalue weighted by atomic mass is 19.1. The average molecular weight is 259 g/mol. The lowest BCUT2D eigenvalue weighted by atomic mass is 10.2. The summed E-state index contributed by atoms with van der Waals surface area (Å²) in [6, 6.07) is 7.90. The number of halogens is 1. The molecule has 1 amide bonds. The maximum atomic E-state index is 13.0. The molecule has 2 aromatic heterocycles. The van der Waals surface area contributed by atoms with Gasteiger partial charge in [0.15, 0.2) is 0 Å². The second kappa shape index (κ2) is 6.04. The maximum Gasteiger partial charge on any atom is 0.272 e. The Morgan fingerprint density at radius 3 is 2.63 bits per heavy atom. The Hall–Kier alpha value is -2.30. The second-order valence-electron chi connectivity index (χ2n) is 4.02. The first-order valence-corrected chi connectivity index (χ1v) is 6.01. The first kappa shape index (κ1) is 13.1. The number of rotatable bonds is 4. The molecule has 0 fully saturated rings. The van der Waals surface area contributed by atoms with E-state index in [1.165, 1.54) is 18.2 Å². The van der Waals surface area contributed by atoms with E-state index >= 15 is 0 Å². The van der Waals surface area contributed by atoms with Crippen molar-refractivity contribution in [2.75, 3.05) is 6.54 Å². The van der Waals surface area contributed by atoms with Crippen molar-refractivity contribution < 1.29 is 9.18 Å². The molecule has 0 aliphatic heterocycles. The van der Waals surface area contributed by atoms with Crippen molar-refractivity contribution in [3.05, 3.63) is 59.9 Å². The molecule has 98 valence electrons. The fourth-order valence-corrected chi connectivity index (χ4v) is 1.73. The number of carbonyl (C=O) groups is 1. The van der Waals surface area contributed by atoms with Crippen LogP contribution in [-0.2, 0) is 6.54 Å². The van der Waals surface area contributed by atoms with E-state index in [1.54, 1.807) is 17.3 Å². The number of amides is 1. The van der Waals surface area contributed by atoms with Gasteiger partial charge in [-0.15, -0.1) is 0 Å². The van der Waals surface area contributed by atoms with Crippen molar-refractivity contribution in [1.82, 2.24) is 14.9 Å². The molecule has 0 atom stereocenters. The minimum atomic E-state index is -0.647. The van der Waals surface area contributed by atoms with Gasteiger partial charge in [0, 0.05) is 25.5 Å². The molecule has 0 aromatic carbocycles. The molecule has 2 rings (SSSR count). The predicted molar refractivity (Wildman–Crippen MR) is 68.8 cm³/mol. The van der Waals surface area contributed by atoms with Gasteiger partial charge in [0.2, 0.25) is 5.95 Å². The molecule has 0 unspecified atom stereocenters. The molecule has 0 bridgehead atoms. The summed E-state index contributed by atoms with van der Waals surface area (Å²) in [6.45, 7) is 2.85. The van der Waals surface area contributed by atoms with Crippen LogP contribution in [0.15, 0.2) is 42.7 Å². The molecule has 0 aliphatic rings. The topological polar surface area (TPSA) is 46.1 Å². The van der Waals surface area contributed by atoms with E-state index in [0.29, 0.717) is 13.1 Å². The summed E-state index contributed by atoms with van der Waals surface area (Å²) < 4.78 is 13.0. The Labute approximate surface area is 110 Å². The van der Waals surface area contributed by atoms with Gasteiger partial charge in [0.05, 0.1) is 0 Å². The third kappa shape index (κ3) is 3.34. The van der Waals surface area contributed by atoms with Crippen LogP contribution in [0.3, 0.4) is 0 Å². The maximum absolute atomic E-state index is 13.0. The van der Waals surface area contributed by atoms with Crippen LogP contribution in [0, 0.1) is 5.95 Å². The summed E-state index contributed by atoms with van der Waals surface area (Å²) in [5.41, 5.74) is 1.09. The molecule has 4 nitrogen and oxygen atoms in total. The molecule has 2 aromatic rings. The summed E-state index contributed by atoms with van der Waals surface area (Å²) in [5.74, 6) is -0.926. The molecule has 0 radical (unpaired) electrons. The Kier molecular flexibility index (Phi) is 4.18. The SMILES string of the molecule is CCN(Cc1ccncc1)C(=O)c1cccc(F)n1. The summed E-state index contributed by atoms with van der Waals surface area (Å²) in [6.07, 6.45) is 3.35. The molecule has 5 heteroatoms. The standard InChI is InChI=1S/C14H14FN3O/c1-2-18(10-11-6-8-16-9-7-11)14(19)12-4-3-5-13(15)17-12/h3-9H,2,10H2,1H3. The molecule has 0 N–H and O–H groups in total. The van der Waals surface area contributed by atoms with Gasteiger partial charge in [-0.25, -0.2) is 4.98 Å². The molecular weight excluding hydrogens is 245 g/mol. The van der Waals surface area contributed by atoms with Crippen molar-refractivity contribution >= 4 is 5.91 Å². The predicted octanol–water partition coefficient (Wildman–Crippen LogP) is 2.28. The van der Waals surface area contributed by atoms with Gasteiger partial charge >= 0.3 is 0 Å². The van der Waals surface area contributed by atoms with E-state index in [1.807, 2.05) is 19.1 Å². The fraction of sp³-hybridized carbons (Fsp3) is 0.214. The minimum Gasteiger partial charge on any atom is -0.333 e. The molecule has 0 aliphatic carbocycles. The van der Waals surface area contributed by atoms with Gasteiger partial charge in [0.1, 0.15) is 5.69 Å². The molecule has 2 heterocycles. The van der Waals surface area contributed by atoms with Gasteiger partial charge in [-0.1, -0.05) is 6.07 Å². The lowest BCUT2D eigenvalue weighted by molar-refractivity contribution is 0.0745. The summed E-state index contributed by atoms with van der Waals surface area (Å²) in [7, 11) is 0. The van der Waals surface area contributed by atoms with Gasteiger partial charge in [0.25, 0.3) is 5.91 Å². The number of aromatic nitrogens is 2. The summed E-state index contributed by atoms with van der Waals surface area (Å²) in [4.78, 5) is 21.4. The van der Waals surface area contributed by atoms with Crippen LogP contribution in [0.4, 0.5) is 4.39 Å². The van der Waals surface area contributed by atoms with Gasteiger partial charge < -0.3 is 4.90 Å². The first-order chi connectivity index (χ1) is 9.20. The minimum absolute atomic E-state index is 0.121. The highest BCUT2D eigenvalue weighted by molar-refractivity contribution is 5.92. The molecular formula is C14H14FN3O. The number of nitrogens with zero attached hydrogens (tertiary/aromatic N) is 3. The van der Waals surface area contributed by atoms with Crippen LogP contribution in [0.5, 0.6) is 0 Å². The quantitative estimate of drug-likeness (QED) is 0.791. The lowest BCUT2D eigenvalue weighted by Crippen LogP contribution is -2.31. The third-order valence-corrected chi connectivity index (χ3v) is 2.73. The zero-order valence-corrected chi connectivity index (χ0v) is 10.6. The Morgan fingerprint density at radius 2 is 2.00 bits per heavy atom. The van der Waals surface area contributed by atoms with Crippen LogP contribution < -0.4 is 0 Å². The van der Waals surface area contributed by atoms with Crippen LogP contribution in [0.2, 0.25) is 0 Å². The number of hydrogen-bond donors (Lipinski definition) is 0. The van der Waals surface area contributed by atoms with Crippen molar-refractivity contribution in [2.45, 2.75) is 13.5 Å². The monoisotopic (exact) mass is 259 g/mol. The first-order valence-electron chi connectivity index (χ1n) is 6.01. The third-order valence-electron chi connectivity index (χ3n) is 2.73. The van der Waals surface area contributed by atoms with Crippen molar-refractivity contribution in [3.8, 4) is 0 Å². The summed E-state index contributed by atoms with van der Waals surface area (Å²) in [5, 5.41) is 0. The average Bonchev–Trinajstić information content (AvgIpc) is 2.45. The van der Waals surface area contributed by atoms with E-state index in [2.05, 4.69) is 9.97 Å². The van der Waals surface area contributed by atoms with E-state index in [4.69, 9.17) is 0 Å². The molecule has 0 saturated heterocycles. The largest absolute Gasteiger partial charge is 0.333 e. The Bertz CT molecular complexity index is 560. The van der Waals surface area contributed by atoms with E-state index in [9.17, 15) is 9.18 Å². The van der Waals surface area contributed by atoms with Gasteiger partial charge in [-0.05, 0) is 36.8 Å². The number of hydrogen-bond acceptors (Lipinski definition) is 3. The molecule has 19 heavy (non-hydrogen) atoms. The highest BCUT2D eigenvalue weighted by Gasteiger charge is 2.16. The van der Waals surface area contributed by atoms with Crippen molar-refractivity contribution in [1.29, 1.82) is 0 Å². The Morgan fingerprint density at radius 1 is 1.26 bits per heavy atom. The number of carbonyl (C=O) groups excluding carboxylic acids is 1. The fourth-order valence-electron chi connectivity index (χ4n) is 1.73. The zero-order valence-electron chi connectivity index (χ0n) is 10.6. The highest BCUT2D eigenvalue weighted by Crippen LogP contribution is 2.08. The van der Waals surface area contributed by atoms with Crippen LogP contribution in [-0.4, -0.2) is 27.3 Å². The number of pyridine rings is 2. The molecule has 0 saturated carbocycles.